The second-order valence-electron chi connectivity index (χ2n) is 7.03. The van der Waals surface area contributed by atoms with Gasteiger partial charge in [-0.05, 0) is 46.8 Å². The van der Waals surface area contributed by atoms with Crippen LogP contribution in [0.5, 0.6) is 0 Å². The molecule has 24 heavy (non-hydrogen) atoms. The molecule has 0 atom stereocenters. The maximum absolute atomic E-state index is 12.4. The third-order valence-electron chi connectivity index (χ3n) is 3.30. The molecule has 1 N–H and O–H groups in total. The molecule has 2 aromatic rings. The monoisotopic (exact) mass is 350 g/mol. The fraction of sp³-hybridized carbons (Fsp3) is 0.471. The number of nitrogens with zero attached hydrogens (tertiary/aromatic N) is 3. The van der Waals surface area contributed by atoms with E-state index in [0.29, 0.717) is 17.4 Å². The molecule has 0 fully saturated rings. The van der Waals surface area contributed by atoms with Crippen LogP contribution in [0.2, 0.25) is 5.02 Å². The van der Waals surface area contributed by atoms with Crippen LogP contribution in [0.25, 0.3) is 0 Å². The Morgan fingerprint density at radius 1 is 1.25 bits per heavy atom. The number of hydrogen-bond donors (Lipinski definition) is 1. The highest BCUT2D eigenvalue weighted by Crippen LogP contribution is 2.21. The zero-order valence-electron chi connectivity index (χ0n) is 14.6. The summed E-state index contributed by atoms with van der Waals surface area (Å²) in [5.41, 5.74) is -0.588. The summed E-state index contributed by atoms with van der Waals surface area (Å²) >= 11 is 5.82. The second-order valence-corrected chi connectivity index (χ2v) is 7.46. The first-order chi connectivity index (χ1) is 11.1. The lowest BCUT2D eigenvalue weighted by atomic mass is 10.1. The Morgan fingerprint density at radius 2 is 1.96 bits per heavy atom. The Bertz CT molecular complexity index is 702. The predicted molar refractivity (Wildman–Crippen MR) is 94.0 cm³/mol. The molecule has 0 amide bonds. The molecule has 0 spiro atoms. The molecule has 130 valence electrons. The summed E-state index contributed by atoms with van der Waals surface area (Å²) in [4.78, 5) is 16.6. The Morgan fingerprint density at radius 3 is 2.54 bits per heavy atom. The van der Waals surface area contributed by atoms with Gasteiger partial charge in [-0.3, -0.25) is 9.67 Å². The molecule has 0 saturated carbocycles. The lowest BCUT2D eigenvalue weighted by Crippen LogP contribution is -2.41. The average molecular weight is 351 g/mol. The van der Waals surface area contributed by atoms with Crippen LogP contribution in [-0.4, -0.2) is 26.3 Å². The molecule has 0 unspecified atom stereocenters. The Labute approximate surface area is 147 Å². The van der Waals surface area contributed by atoms with Gasteiger partial charge in [-0.25, -0.2) is 4.79 Å². The van der Waals surface area contributed by atoms with Gasteiger partial charge < -0.3 is 10.1 Å². The predicted octanol–water partition coefficient (Wildman–Crippen LogP) is 3.62. The van der Waals surface area contributed by atoms with E-state index in [-0.39, 0.29) is 5.97 Å². The summed E-state index contributed by atoms with van der Waals surface area (Å²) in [6.07, 6.45) is 3.35. The zero-order valence-corrected chi connectivity index (χ0v) is 15.4. The Hall–Kier alpha value is -2.08. The number of rotatable bonds is 5. The van der Waals surface area contributed by atoms with E-state index < -0.39 is 11.1 Å². The van der Waals surface area contributed by atoms with Crippen molar-refractivity contribution in [3.05, 3.63) is 41.3 Å². The first-order valence-electron chi connectivity index (χ1n) is 7.72. The minimum absolute atomic E-state index is 0.330. The standard InChI is InChI=1S/C17H23ClN4O2/c1-16(2,3)24-15(23)17(4,5)22-9-8-14(21-22)20-11-13-7-6-12(18)10-19-13/h6-10H,11H2,1-5H3,(H,20,21). The molecule has 6 nitrogen and oxygen atoms in total. The molecule has 0 aliphatic heterocycles. The summed E-state index contributed by atoms with van der Waals surface area (Å²) < 4.78 is 7.06. The Balaban J connectivity index is 2.03. The van der Waals surface area contributed by atoms with E-state index in [2.05, 4.69) is 15.4 Å². The lowest BCUT2D eigenvalue weighted by molar-refractivity contribution is -0.164. The van der Waals surface area contributed by atoms with Crippen molar-refractivity contribution in [2.45, 2.75) is 52.3 Å². The van der Waals surface area contributed by atoms with Gasteiger partial charge in [-0.15, -0.1) is 0 Å². The fourth-order valence-corrected chi connectivity index (χ4v) is 2.03. The van der Waals surface area contributed by atoms with Crippen molar-refractivity contribution in [3.8, 4) is 0 Å². The first-order valence-corrected chi connectivity index (χ1v) is 8.10. The van der Waals surface area contributed by atoms with E-state index in [9.17, 15) is 4.79 Å². The number of nitrogens with one attached hydrogen (secondary N) is 1. The highest BCUT2D eigenvalue weighted by atomic mass is 35.5. The van der Waals surface area contributed by atoms with Crippen LogP contribution in [0.15, 0.2) is 30.6 Å². The van der Waals surface area contributed by atoms with Gasteiger partial charge >= 0.3 is 5.97 Å². The lowest BCUT2D eigenvalue weighted by Gasteiger charge is -2.28. The van der Waals surface area contributed by atoms with Crippen molar-refractivity contribution in [1.29, 1.82) is 0 Å². The third-order valence-corrected chi connectivity index (χ3v) is 3.52. The number of aromatic nitrogens is 3. The smallest absolute Gasteiger partial charge is 0.334 e. The van der Waals surface area contributed by atoms with Crippen LogP contribution in [0.4, 0.5) is 5.82 Å². The number of ether oxygens (including phenoxy) is 1. The summed E-state index contributed by atoms with van der Waals surface area (Å²) in [6, 6.07) is 5.44. The largest absolute Gasteiger partial charge is 0.458 e. The van der Waals surface area contributed by atoms with Gasteiger partial charge in [0.1, 0.15) is 11.4 Å². The van der Waals surface area contributed by atoms with Gasteiger partial charge in [0.2, 0.25) is 0 Å². The van der Waals surface area contributed by atoms with E-state index >= 15 is 0 Å². The molecule has 7 heteroatoms. The maximum atomic E-state index is 12.4. The van der Waals surface area contributed by atoms with Gasteiger partial charge in [-0.1, -0.05) is 11.6 Å². The topological polar surface area (TPSA) is 69.0 Å². The number of carbonyl (C=O) groups excluding carboxylic acids is 1. The second kappa shape index (κ2) is 6.81. The highest BCUT2D eigenvalue weighted by molar-refractivity contribution is 6.30. The van der Waals surface area contributed by atoms with Crippen LogP contribution < -0.4 is 5.32 Å². The molecule has 0 saturated heterocycles. The molecule has 2 rings (SSSR count). The summed E-state index contributed by atoms with van der Waals surface area (Å²) in [5, 5.41) is 8.19. The van der Waals surface area contributed by atoms with Crippen LogP contribution >= 0.6 is 11.6 Å². The normalized spacial score (nSPS) is 12.1. The summed E-state index contributed by atoms with van der Waals surface area (Å²) in [7, 11) is 0. The van der Waals surface area contributed by atoms with E-state index in [1.165, 1.54) is 0 Å². The van der Waals surface area contributed by atoms with E-state index in [0.717, 1.165) is 5.69 Å². The molecule has 0 bridgehead atoms. The minimum Gasteiger partial charge on any atom is -0.458 e. The molecule has 0 aliphatic carbocycles. The van der Waals surface area contributed by atoms with Crippen molar-refractivity contribution in [2.75, 3.05) is 5.32 Å². The number of pyridine rings is 1. The highest BCUT2D eigenvalue weighted by Gasteiger charge is 2.35. The van der Waals surface area contributed by atoms with Gasteiger partial charge in [0, 0.05) is 18.5 Å². The molecule has 0 aromatic carbocycles. The zero-order chi connectivity index (χ0) is 18.0. The van der Waals surface area contributed by atoms with Crippen molar-refractivity contribution in [3.63, 3.8) is 0 Å². The van der Waals surface area contributed by atoms with Crippen molar-refractivity contribution in [1.82, 2.24) is 14.8 Å². The maximum Gasteiger partial charge on any atom is 0.334 e. The van der Waals surface area contributed by atoms with E-state index in [1.54, 1.807) is 37.0 Å². The summed E-state index contributed by atoms with van der Waals surface area (Å²) in [6.45, 7) is 9.60. The molecular formula is C17H23ClN4O2. The minimum atomic E-state index is -0.897. The van der Waals surface area contributed by atoms with Crippen molar-refractivity contribution in [2.24, 2.45) is 0 Å². The molecule has 2 heterocycles. The summed E-state index contributed by atoms with van der Waals surface area (Å²) in [5.74, 6) is 0.326. The number of anilines is 1. The van der Waals surface area contributed by atoms with Gasteiger partial charge in [0.15, 0.2) is 5.54 Å². The molecule has 2 aromatic heterocycles. The SMILES string of the molecule is CC(C)(C)OC(=O)C(C)(C)n1ccc(NCc2ccc(Cl)cn2)n1. The number of carbonyl (C=O) groups is 1. The van der Waals surface area contributed by atoms with Gasteiger partial charge in [0.05, 0.1) is 17.3 Å². The van der Waals surface area contributed by atoms with E-state index in [4.69, 9.17) is 16.3 Å². The van der Waals surface area contributed by atoms with Crippen LogP contribution in [0.1, 0.15) is 40.3 Å². The number of esters is 1. The quantitative estimate of drug-likeness (QED) is 0.834. The van der Waals surface area contributed by atoms with E-state index in [1.807, 2.05) is 32.9 Å². The number of hydrogen-bond acceptors (Lipinski definition) is 5. The van der Waals surface area contributed by atoms with Crippen LogP contribution in [0, 0.1) is 0 Å². The Kier molecular flexibility index (Phi) is 5.18. The molecule has 0 radical (unpaired) electrons. The van der Waals surface area contributed by atoms with Crippen LogP contribution in [0.3, 0.4) is 0 Å². The van der Waals surface area contributed by atoms with Crippen molar-refractivity contribution >= 4 is 23.4 Å². The molecule has 0 aliphatic rings. The van der Waals surface area contributed by atoms with Crippen molar-refractivity contribution < 1.29 is 9.53 Å². The number of halogens is 1. The fourth-order valence-electron chi connectivity index (χ4n) is 1.92. The first kappa shape index (κ1) is 18.3. The van der Waals surface area contributed by atoms with Gasteiger partial charge in [0.25, 0.3) is 0 Å². The third kappa shape index (κ3) is 4.71. The molecular weight excluding hydrogens is 328 g/mol. The van der Waals surface area contributed by atoms with Gasteiger partial charge in [-0.2, -0.15) is 5.10 Å². The average Bonchev–Trinajstić information content (AvgIpc) is 2.94. The van der Waals surface area contributed by atoms with Crippen LogP contribution in [-0.2, 0) is 21.6 Å².